The molecule has 7 heteroatoms. The van der Waals surface area contributed by atoms with Crippen LogP contribution in [0.4, 0.5) is 16.8 Å². The lowest BCUT2D eigenvalue weighted by Gasteiger charge is -2.09. The summed E-state index contributed by atoms with van der Waals surface area (Å²) in [5.74, 6) is 0.208. The Kier molecular flexibility index (Phi) is 5.27. The highest BCUT2D eigenvalue weighted by atomic mass is 32.1. The van der Waals surface area contributed by atoms with E-state index in [4.69, 9.17) is 0 Å². The molecule has 0 unspecified atom stereocenters. The Morgan fingerprint density at radius 1 is 1.08 bits per heavy atom. The summed E-state index contributed by atoms with van der Waals surface area (Å²) in [7, 11) is 0. The first-order valence-corrected chi connectivity index (χ1v) is 9.23. The van der Waals surface area contributed by atoms with Gasteiger partial charge in [-0.2, -0.15) is 0 Å². The minimum Gasteiger partial charge on any atom is -0.322 e. The van der Waals surface area contributed by atoms with Gasteiger partial charge in [0.1, 0.15) is 0 Å². The van der Waals surface area contributed by atoms with Gasteiger partial charge in [-0.1, -0.05) is 19.1 Å². The lowest BCUT2D eigenvalue weighted by Crippen LogP contribution is -2.15. The van der Waals surface area contributed by atoms with Crippen LogP contribution in [-0.4, -0.2) is 20.9 Å². The predicted octanol–water partition coefficient (Wildman–Crippen LogP) is 4.42. The van der Waals surface area contributed by atoms with Crippen LogP contribution in [0.15, 0.2) is 30.5 Å². The minimum absolute atomic E-state index is 0.223. The van der Waals surface area contributed by atoms with Crippen molar-refractivity contribution in [2.24, 2.45) is 0 Å². The number of aryl methyl sites for hydroxylation is 4. The van der Waals surface area contributed by atoms with Crippen molar-refractivity contribution in [1.82, 2.24) is 15.0 Å². The summed E-state index contributed by atoms with van der Waals surface area (Å²) in [6.45, 7) is 7.87. The van der Waals surface area contributed by atoms with E-state index in [1.54, 1.807) is 18.3 Å². The predicted molar refractivity (Wildman–Crippen MR) is 105 cm³/mol. The topological polar surface area (TPSA) is 79.8 Å². The van der Waals surface area contributed by atoms with Gasteiger partial charge in [-0.15, -0.1) is 11.3 Å². The molecule has 3 aromatic rings. The number of amides is 1. The fraction of sp³-hybridized carbons (Fsp3) is 0.263. The number of nitrogens with one attached hydrogen (secondary N) is 2. The maximum absolute atomic E-state index is 12.5. The number of carbonyl (C=O) groups excluding carboxylic acids is 1. The molecule has 2 aromatic heterocycles. The van der Waals surface area contributed by atoms with E-state index in [0.717, 1.165) is 27.8 Å². The van der Waals surface area contributed by atoms with Crippen molar-refractivity contribution in [1.29, 1.82) is 0 Å². The molecule has 0 aliphatic carbocycles. The highest BCUT2D eigenvalue weighted by Crippen LogP contribution is 2.23. The highest BCUT2D eigenvalue weighted by Gasteiger charge is 2.13. The van der Waals surface area contributed by atoms with Crippen LogP contribution in [0.3, 0.4) is 0 Å². The number of hydrogen-bond donors (Lipinski definition) is 2. The summed E-state index contributed by atoms with van der Waals surface area (Å²) >= 11 is 1.55. The first kappa shape index (κ1) is 18.0. The molecule has 0 saturated heterocycles. The average molecular weight is 367 g/mol. The van der Waals surface area contributed by atoms with Gasteiger partial charge in [0.15, 0.2) is 5.13 Å². The van der Waals surface area contributed by atoms with Crippen molar-refractivity contribution < 1.29 is 4.79 Å². The third-order valence-corrected chi connectivity index (χ3v) is 5.08. The van der Waals surface area contributed by atoms with Gasteiger partial charge in [0.05, 0.1) is 17.0 Å². The molecular formula is C19H21N5OS. The first-order valence-electron chi connectivity index (χ1n) is 8.41. The largest absolute Gasteiger partial charge is 0.322 e. The van der Waals surface area contributed by atoms with Crippen molar-refractivity contribution in [3.63, 3.8) is 0 Å². The molecule has 1 amide bonds. The Labute approximate surface area is 156 Å². The summed E-state index contributed by atoms with van der Waals surface area (Å²) in [6, 6.07) is 7.81. The van der Waals surface area contributed by atoms with Gasteiger partial charge in [-0.3, -0.25) is 4.79 Å². The molecular weight excluding hydrogens is 346 g/mol. The molecule has 3 rings (SSSR count). The third-order valence-electron chi connectivity index (χ3n) is 4.09. The molecule has 134 valence electrons. The number of nitrogens with zero attached hydrogens (tertiary/aromatic N) is 3. The Balaban J connectivity index is 1.72. The number of hydrogen-bond acceptors (Lipinski definition) is 6. The van der Waals surface area contributed by atoms with Gasteiger partial charge >= 0.3 is 0 Å². The van der Waals surface area contributed by atoms with E-state index < -0.39 is 0 Å². The zero-order valence-electron chi connectivity index (χ0n) is 15.3. The summed E-state index contributed by atoms with van der Waals surface area (Å²) < 4.78 is 0. The van der Waals surface area contributed by atoms with Gasteiger partial charge in [0.2, 0.25) is 5.95 Å². The van der Waals surface area contributed by atoms with E-state index in [1.807, 2.05) is 38.1 Å². The molecule has 6 nitrogen and oxygen atoms in total. The summed E-state index contributed by atoms with van der Waals surface area (Å²) in [5.41, 5.74) is 4.02. The normalized spacial score (nSPS) is 10.6. The number of benzene rings is 1. The van der Waals surface area contributed by atoms with Crippen molar-refractivity contribution in [3.05, 3.63) is 57.9 Å². The van der Waals surface area contributed by atoms with Crippen molar-refractivity contribution in [2.75, 3.05) is 10.6 Å². The van der Waals surface area contributed by atoms with Crippen molar-refractivity contribution >= 4 is 34.0 Å². The Morgan fingerprint density at radius 3 is 2.38 bits per heavy atom. The van der Waals surface area contributed by atoms with Gasteiger partial charge in [-0.05, 0) is 44.9 Å². The molecule has 2 heterocycles. The molecule has 0 aliphatic rings. The monoisotopic (exact) mass is 367 g/mol. The standard InChI is InChI=1S/C19H21N5OS/c1-5-14-6-8-15(9-7-14)23-17(25)16-10-20-18(21-12(16)3)24-19-22-11(2)13(4)26-19/h6-10H,5H2,1-4H3,(H,23,25)(H,20,21,22,24). The molecule has 0 fully saturated rings. The quantitative estimate of drug-likeness (QED) is 0.698. The smallest absolute Gasteiger partial charge is 0.259 e. The minimum atomic E-state index is -0.223. The zero-order chi connectivity index (χ0) is 18.7. The first-order chi connectivity index (χ1) is 12.5. The number of aromatic nitrogens is 3. The Hall–Kier alpha value is -2.80. The highest BCUT2D eigenvalue weighted by molar-refractivity contribution is 7.15. The second-order valence-corrected chi connectivity index (χ2v) is 7.19. The van der Waals surface area contributed by atoms with Crippen LogP contribution in [0, 0.1) is 20.8 Å². The summed E-state index contributed by atoms with van der Waals surface area (Å²) in [6.07, 6.45) is 2.50. The third kappa shape index (κ3) is 4.05. The Morgan fingerprint density at radius 2 is 1.81 bits per heavy atom. The van der Waals surface area contributed by atoms with Gasteiger partial charge in [0.25, 0.3) is 5.91 Å². The second-order valence-electron chi connectivity index (χ2n) is 5.98. The lowest BCUT2D eigenvalue weighted by atomic mass is 10.1. The van der Waals surface area contributed by atoms with Crippen LogP contribution >= 0.6 is 11.3 Å². The molecule has 0 radical (unpaired) electrons. The van der Waals surface area contributed by atoms with E-state index >= 15 is 0 Å². The molecule has 0 bridgehead atoms. The van der Waals surface area contributed by atoms with Crippen molar-refractivity contribution in [2.45, 2.75) is 34.1 Å². The fourth-order valence-electron chi connectivity index (χ4n) is 2.39. The molecule has 26 heavy (non-hydrogen) atoms. The van der Waals surface area contributed by atoms with Crippen LogP contribution in [-0.2, 0) is 6.42 Å². The van der Waals surface area contributed by atoms with E-state index in [2.05, 4.69) is 32.5 Å². The van der Waals surface area contributed by atoms with Gasteiger partial charge in [0, 0.05) is 16.8 Å². The van der Waals surface area contributed by atoms with Gasteiger partial charge < -0.3 is 10.6 Å². The number of thiazole rings is 1. The Bertz CT molecular complexity index is 914. The van der Waals surface area contributed by atoms with Crippen LogP contribution in [0.1, 0.15) is 39.1 Å². The fourth-order valence-corrected chi connectivity index (χ4v) is 3.20. The number of carbonyl (C=O) groups is 1. The van der Waals surface area contributed by atoms with E-state index in [1.165, 1.54) is 11.8 Å². The van der Waals surface area contributed by atoms with Crippen LogP contribution in [0.5, 0.6) is 0 Å². The molecule has 0 saturated carbocycles. The number of rotatable bonds is 5. The summed E-state index contributed by atoms with van der Waals surface area (Å²) in [4.78, 5) is 26.7. The van der Waals surface area contributed by atoms with Gasteiger partial charge in [-0.25, -0.2) is 15.0 Å². The maximum atomic E-state index is 12.5. The van der Waals surface area contributed by atoms with Crippen molar-refractivity contribution in [3.8, 4) is 0 Å². The SMILES string of the molecule is CCc1ccc(NC(=O)c2cnc(Nc3nc(C)c(C)s3)nc2C)cc1. The summed E-state index contributed by atoms with van der Waals surface area (Å²) in [5, 5.41) is 6.71. The van der Waals surface area contributed by atoms with Crippen LogP contribution in [0.25, 0.3) is 0 Å². The second kappa shape index (κ2) is 7.61. The average Bonchev–Trinajstić information content (AvgIpc) is 2.93. The van der Waals surface area contributed by atoms with E-state index in [-0.39, 0.29) is 5.91 Å². The molecule has 0 atom stereocenters. The van der Waals surface area contributed by atoms with Crippen LogP contribution in [0.2, 0.25) is 0 Å². The molecule has 1 aromatic carbocycles. The number of anilines is 3. The van der Waals surface area contributed by atoms with E-state index in [9.17, 15) is 4.79 Å². The zero-order valence-corrected chi connectivity index (χ0v) is 16.1. The van der Waals surface area contributed by atoms with E-state index in [0.29, 0.717) is 17.2 Å². The van der Waals surface area contributed by atoms with Crippen LogP contribution < -0.4 is 10.6 Å². The molecule has 0 spiro atoms. The maximum Gasteiger partial charge on any atom is 0.259 e. The molecule has 2 N–H and O–H groups in total. The molecule has 0 aliphatic heterocycles. The lowest BCUT2D eigenvalue weighted by molar-refractivity contribution is 0.102.